The number of benzene rings is 1. The van der Waals surface area contributed by atoms with Gasteiger partial charge in [-0.15, -0.1) is 0 Å². The molecule has 0 spiro atoms. The number of carbonyl (C=O) groups excluding carboxylic acids is 6. The Morgan fingerprint density at radius 3 is 2.06 bits per heavy atom. The van der Waals surface area contributed by atoms with Gasteiger partial charge in [-0.1, -0.05) is 64.8 Å². The van der Waals surface area contributed by atoms with Gasteiger partial charge in [0, 0.05) is 12.1 Å². The van der Waals surface area contributed by atoms with E-state index in [9.17, 15) is 28.8 Å². The molecule has 6 N–H and O–H groups in total. The van der Waals surface area contributed by atoms with Crippen molar-refractivity contribution in [3.63, 3.8) is 0 Å². The Labute approximate surface area is 295 Å². The number of urea groups is 1. The number of nitrogens with one attached hydrogen (secondary N) is 4. The molecule has 4 rings (SSSR count). The number of fused-ring (bicyclic) bond motifs is 1. The van der Waals surface area contributed by atoms with E-state index in [1.165, 1.54) is 4.90 Å². The summed E-state index contributed by atoms with van der Waals surface area (Å²) in [5.74, 6) is -3.16. The lowest BCUT2D eigenvalue weighted by molar-refractivity contribution is -0.143. The van der Waals surface area contributed by atoms with E-state index in [-0.39, 0.29) is 42.1 Å². The summed E-state index contributed by atoms with van der Waals surface area (Å²) >= 11 is 0. The van der Waals surface area contributed by atoms with Crippen molar-refractivity contribution in [1.29, 1.82) is 0 Å². The van der Waals surface area contributed by atoms with Crippen LogP contribution in [0.25, 0.3) is 0 Å². The highest BCUT2D eigenvalue weighted by Crippen LogP contribution is 2.36. The predicted molar refractivity (Wildman–Crippen MR) is 188 cm³/mol. The van der Waals surface area contributed by atoms with Crippen molar-refractivity contribution in [2.24, 2.45) is 35.3 Å². The molecule has 276 valence electrons. The van der Waals surface area contributed by atoms with Gasteiger partial charge in [0.15, 0.2) is 0 Å². The van der Waals surface area contributed by atoms with Gasteiger partial charge in [-0.05, 0) is 87.2 Å². The summed E-state index contributed by atoms with van der Waals surface area (Å²) in [5, 5.41) is 11.4. The highest BCUT2D eigenvalue weighted by atomic mass is 16.5. The fraction of sp³-hybridized carbons (Fsp3) is 0.676. The zero-order valence-corrected chi connectivity index (χ0v) is 30.5. The quantitative estimate of drug-likeness (QED) is 0.185. The summed E-state index contributed by atoms with van der Waals surface area (Å²) in [5.41, 5.74) is 7.04. The van der Waals surface area contributed by atoms with Gasteiger partial charge in [0.05, 0.1) is 12.1 Å². The van der Waals surface area contributed by atoms with E-state index in [0.717, 1.165) is 24.0 Å². The maximum absolute atomic E-state index is 14.7. The minimum atomic E-state index is -1.10. The van der Waals surface area contributed by atoms with Crippen molar-refractivity contribution < 1.29 is 33.5 Å². The Bertz CT molecular complexity index is 1410. The molecular formula is C37H56N6O7. The second-order valence-electron chi connectivity index (χ2n) is 16.0. The van der Waals surface area contributed by atoms with Gasteiger partial charge in [0.25, 0.3) is 5.91 Å². The average Bonchev–Trinajstić information content (AvgIpc) is 3.55. The smallest absolute Gasteiger partial charge is 0.407 e. The molecule has 1 saturated carbocycles. The van der Waals surface area contributed by atoms with E-state index in [1.807, 2.05) is 72.7 Å². The highest BCUT2D eigenvalue weighted by molar-refractivity contribution is 6.37. The van der Waals surface area contributed by atoms with Gasteiger partial charge in [0.1, 0.15) is 18.7 Å². The van der Waals surface area contributed by atoms with Crippen LogP contribution >= 0.6 is 0 Å². The number of carbonyl (C=O) groups is 6. The van der Waals surface area contributed by atoms with Gasteiger partial charge < -0.3 is 36.6 Å². The van der Waals surface area contributed by atoms with Gasteiger partial charge in [-0.25, -0.2) is 9.59 Å². The van der Waals surface area contributed by atoms with E-state index in [4.69, 9.17) is 10.5 Å². The third kappa shape index (κ3) is 10.2. The molecule has 2 aliphatic carbocycles. The average molecular weight is 697 g/mol. The number of nitrogens with two attached hydrogens (primary N) is 1. The largest absolute Gasteiger partial charge is 0.447 e. The van der Waals surface area contributed by atoms with Crippen molar-refractivity contribution in [3.05, 3.63) is 35.4 Å². The fourth-order valence-corrected chi connectivity index (χ4v) is 7.09. The van der Waals surface area contributed by atoms with Crippen LogP contribution in [-0.2, 0) is 36.8 Å². The molecule has 3 unspecified atom stereocenters. The number of primary amides is 1. The van der Waals surface area contributed by atoms with Crippen LogP contribution < -0.4 is 27.0 Å². The van der Waals surface area contributed by atoms with Crippen LogP contribution in [0.15, 0.2) is 24.3 Å². The first kappa shape index (κ1) is 38.6. The van der Waals surface area contributed by atoms with E-state index in [1.54, 1.807) is 0 Å². The lowest BCUT2D eigenvalue weighted by Crippen LogP contribution is -2.60. The second kappa shape index (κ2) is 16.2. The lowest BCUT2D eigenvalue weighted by Gasteiger charge is -2.34. The number of Topliss-reactive ketones (excluding diaryl/α,β-unsaturated/α-hetero) is 1. The standard InChI is InChI=1S/C37H56N6O7/c1-20(2)26-14-15-43(30(26)33(46)39-27(16-22-12-13-22)31(44)32(38)45)34(47)29(25-17-23-10-8-9-11-24(23)18-25)41-35(48)40-28(21(3)4)19-50-36(49)42-37(5,6)7/h8-11,20-22,25-30H,12-19H2,1-7H3,(H2,38,45)(H,39,46)(H,42,49)(H2,40,41,48)/t26-,27?,28-,29?,30?/m1/s1. The van der Waals surface area contributed by atoms with Gasteiger partial charge in [-0.3, -0.25) is 19.2 Å². The first-order valence-electron chi connectivity index (χ1n) is 18.0. The third-order valence-electron chi connectivity index (χ3n) is 10.1. The van der Waals surface area contributed by atoms with Gasteiger partial charge in [-0.2, -0.15) is 0 Å². The first-order chi connectivity index (χ1) is 23.4. The Balaban J connectivity index is 1.56. The summed E-state index contributed by atoms with van der Waals surface area (Å²) in [6, 6.07) is 3.86. The minimum Gasteiger partial charge on any atom is -0.447 e. The van der Waals surface area contributed by atoms with Crippen LogP contribution in [0.3, 0.4) is 0 Å². The van der Waals surface area contributed by atoms with Crippen LogP contribution in [0.2, 0.25) is 0 Å². The molecule has 6 amide bonds. The van der Waals surface area contributed by atoms with E-state index >= 15 is 0 Å². The third-order valence-corrected chi connectivity index (χ3v) is 10.1. The second-order valence-corrected chi connectivity index (χ2v) is 16.0. The van der Waals surface area contributed by atoms with Crippen molar-refractivity contribution >= 4 is 35.6 Å². The molecule has 2 fully saturated rings. The topological polar surface area (TPSA) is 189 Å². The number of likely N-dealkylation sites (tertiary alicyclic amines) is 1. The molecule has 1 aromatic rings. The SMILES string of the molecule is CC(C)[C@H]1CCN(C(=O)C(NC(=O)N[C@H](COC(=O)NC(C)(C)C)C(C)C)C2Cc3ccccc3C2)C1C(=O)NC(CC1CC1)C(=O)C(N)=O. The van der Waals surface area contributed by atoms with E-state index < -0.39 is 59.4 Å². The summed E-state index contributed by atoms with van der Waals surface area (Å²) in [6.07, 6.45) is 3.23. The number of hydrogen-bond donors (Lipinski definition) is 5. The van der Waals surface area contributed by atoms with Crippen molar-refractivity contribution in [2.75, 3.05) is 13.2 Å². The molecular weight excluding hydrogens is 640 g/mol. The molecule has 0 aromatic heterocycles. The number of alkyl carbamates (subject to hydrolysis) is 1. The normalized spacial score (nSPS) is 20.9. The van der Waals surface area contributed by atoms with Crippen LogP contribution in [0.1, 0.15) is 85.3 Å². The number of hydrogen-bond acceptors (Lipinski definition) is 7. The summed E-state index contributed by atoms with van der Waals surface area (Å²) in [7, 11) is 0. The molecule has 0 bridgehead atoms. The molecule has 1 aliphatic heterocycles. The Morgan fingerprint density at radius 2 is 1.54 bits per heavy atom. The monoisotopic (exact) mass is 696 g/mol. The zero-order chi connectivity index (χ0) is 36.9. The van der Waals surface area contributed by atoms with Crippen LogP contribution in [-0.4, -0.2) is 83.4 Å². The van der Waals surface area contributed by atoms with Crippen LogP contribution in [0.5, 0.6) is 0 Å². The molecule has 13 nitrogen and oxygen atoms in total. The summed E-state index contributed by atoms with van der Waals surface area (Å²) in [4.78, 5) is 80.8. The Hall–Kier alpha value is -4.16. The molecule has 50 heavy (non-hydrogen) atoms. The zero-order valence-electron chi connectivity index (χ0n) is 30.5. The number of ketones is 1. The fourth-order valence-electron chi connectivity index (χ4n) is 7.09. The molecule has 1 aromatic carbocycles. The summed E-state index contributed by atoms with van der Waals surface area (Å²) in [6.45, 7) is 13.5. The number of amides is 6. The summed E-state index contributed by atoms with van der Waals surface area (Å²) < 4.78 is 5.42. The number of rotatable bonds is 14. The highest BCUT2D eigenvalue weighted by Gasteiger charge is 2.48. The van der Waals surface area contributed by atoms with Crippen molar-refractivity contribution in [1.82, 2.24) is 26.2 Å². The Kier molecular flexibility index (Phi) is 12.6. The minimum absolute atomic E-state index is 0.0324. The van der Waals surface area contributed by atoms with Gasteiger partial charge >= 0.3 is 12.1 Å². The Morgan fingerprint density at radius 1 is 0.920 bits per heavy atom. The number of ether oxygens (including phenoxy) is 1. The van der Waals surface area contributed by atoms with E-state index in [0.29, 0.717) is 32.2 Å². The van der Waals surface area contributed by atoms with Gasteiger partial charge in [0.2, 0.25) is 17.6 Å². The lowest BCUT2D eigenvalue weighted by atomic mass is 9.87. The molecule has 0 radical (unpaired) electrons. The maximum Gasteiger partial charge on any atom is 0.407 e. The first-order valence-corrected chi connectivity index (χ1v) is 18.0. The number of nitrogens with zero attached hydrogens (tertiary/aromatic N) is 1. The van der Waals surface area contributed by atoms with E-state index in [2.05, 4.69) is 21.3 Å². The van der Waals surface area contributed by atoms with Crippen molar-refractivity contribution in [2.45, 2.75) is 117 Å². The maximum atomic E-state index is 14.7. The molecule has 5 atom stereocenters. The van der Waals surface area contributed by atoms with Crippen LogP contribution in [0, 0.1) is 29.6 Å². The van der Waals surface area contributed by atoms with Crippen LogP contribution in [0.4, 0.5) is 9.59 Å². The molecule has 3 aliphatic rings. The molecule has 1 heterocycles. The predicted octanol–water partition coefficient (Wildman–Crippen LogP) is 2.83. The molecule has 1 saturated heterocycles. The molecule has 13 heteroatoms. The van der Waals surface area contributed by atoms with Crippen molar-refractivity contribution in [3.8, 4) is 0 Å².